The Morgan fingerprint density at radius 1 is 1.02 bits per heavy atom. The average Bonchev–Trinajstić information content (AvgIpc) is 3.81. The predicted molar refractivity (Wildman–Crippen MR) is 211 cm³/mol. The van der Waals surface area contributed by atoms with E-state index >= 15 is 0 Å². The van der Waals surface area contributed by atoms with Gasteiger partial charge in [0.1, 0.15) is 75.8 Å². The maximum Gasteiger partial charge on any atom is 0.338 e. The minimum atomic E-state index is -1.01. The maximum atomic E-state index is 13.9. The molecule has 1 saturated carbocycles. The number of carbonyl (C=O) groups is 4. The van der Waals surface area contributed by atoms with E-state index in [0.29, 0.717) is 24.1 Å². The molecule has 0 radical (unpaired) electrons. The number of amides is 1. The van der Waals surface area contributed by atoms with Crippen molar-refractivity contribution in [1.29, 1.82) is 0 Å². The highest BCUT2D eigenvalue weighted by atomic mass is 16.6. The Hall–Kier alpha value is -4.14. The van der Waals surface area contributed by atoms with E-state index in [-0.39, 0.29) is 30.1 Å². The first kappa shape index (κ1) is 40.6. The van der Waals surface area contributed by atoms with E-state index in [2.05, 4.69) is 12.2 Å². The molecule has 5 aliphatic heterocycles. The number of hydrogen-bond acceptors (Lipinski definition) is 10. The number of quaternary nitrogens is 2. The van der Waals surface area contributed by atoms with Crippen LogP contribution in [0.3, 0.4) is 0 Å². The van der Waals surface area contributed by atoms with Crippen molar-refractivity contribution in [2.24, 2.45) is 35.3 Å². The summed E-state index contributed by atoms with van der Waals surface area (Å²) in [6.07, 6.45) is 7.67. The number of piperazine rings is 3. The molecule has 1 spiro atoms. The van der Waals surface area contributed by atoms with E-state index in [0.717, 1.165) is 65.9 Å². The summed E-state index contributed by atoms with van der Waals surface area (Å²) in [4.78, 5) is 52.4. The van der Waals surface area contributed by atoms with Gasteiger partial charge in [-0.25, -0.2) is 14.4 Å². The van der Waals surface area contributed by atoms with Gasteiger partial charge in [0.25, 0.3) is 5.91 Å². The highest BCUT2D eigenvalue weighted by Gasteiger charge is 2.69. The molecule has 5 fully saturated rings. The summed E-state index contributed by atoms with van der Waals surface area (Å²) in [6.45, 7) is 14.6. The standard InChI is InChI=1S/C45H58N3O10/c1-26-22-27(2)45-33(14-15-34-37(45)38(50)28(3)40(41(34)58-45)57-43(52)31-8-6-7-9-31)23-35(54-5)44(53)56-39(26)29(4)55-42(51)32-12-10-30(11-13-32)24-47-16-19-48(20-17-47,21-18-47)25-36(46)49/h6-8,10-15,22,26,28-29,33-35,37-41,50H,9,16-21,23-25H2,1-5H3,(H-,46,49)/q+1/p+1/b27-22+/t26-,28-,29-,33?,34-,35+,37+,38-,39+,40-,41-,45+,47?,48?/m1/s1. The number of rotatable bonds is 10. The zero-order valence-corrected chi connectivity index (χ0v) is 34.3. The first-order valence-corrected chi connectivity index (χ1v) is 21.0. The highest BCUT2D eigenvalue weighted by molar-refractivity contribution is 5.90. The molecule has 5 heterocycles. The number of allylic oxidation sites excluding steroid dienone is 3. The van der Waals surface area contributed by atoms with Gasteiger partial charge in [0, 0.05) is 47.8 Å². The molecule has 1 unspecified atom stereocenters. The molecule has 58 heavy (non-hydrogen) atoms. The number of ether oxygens (including phenoxy) is 5. The lowest BCUT2D eigenvalue weighted by Gasteiger charge is -2.55. The quantitative estimate of drug-likeness (QED) is 0.156. The summed E-state index contributed by atoms with van der Waals surface area (Å²) >= 11 is 0. The van der Waals surface area contributed by atoms with Crippen molar-refractivity contribution in [2.45, 2.75) is 89.3 Å². The van der Waals surface area contributed by atoms with Crippen molar-refractivity contribution >= 4 is 23.8 Å². The largest absolute Gasteiger partial charge is 0.456 e. The number of aliphatic hydroxyl groups is 1. The second-order valence-electron chi connectivity index (χ2n) is 18.2. The Morgan fingerprint density at radius 3 is 2.34 bits per heavy atom. The lowest BCUT2D eigenvalue weighted by Crippen LogP contribution is -2.75. The third-order valence-corrected chi connectivity index (χ3v) is 14.8. The van der Waals surface area contributed by atoms with E-state index in [9.17, 15) is 24.3 Å². The van der Waals surface area contributed by atoms with Crippen LogP contribution in [0.5, 0.6) is 0 Å². The fourth-order valence-electron chi connectivity index (χ4n) is 11.5. The first-order valence-electron chi connectivity index (χ1n) is 21.0. The summed E-state index contributed by atoms with van der Waals surface area (Å²) in [5.74, 6) is -3.49. The van der Waals surface area contributed by atoms with Crippen LogP contribution in [0.15, 0.2) is 71.9 Å². The van der Waals surface area contributed by atoms with Gasteiger partial charge in [0.15, 0.2) is 12.6 Å². The summed E-state index contributed by atoms with van der Waals surface area (Å²) < 4.78 is 33.0. The van der Waals surface area contributed by atoms with Crippen LogP contribution in [0.2, 0.25) is 0 Å². The molecule has 6 bridgehead atoms. The van der Waals surface area contributed by atoms with Crippen molar-refractivity contribution in [3.8, 4) is 0 Å². The number of hydrogen-bond donors (Lipinski definition) is 2. The Kier molecular flexibility index (Phi) is 10.8. The SMILES string of the molecule is CO[C@H]1CC2C=C[C@H]3[C@H]4O[C@]2(/C(C)=C/[C@@H](C)[C@@H]([C@@H](C)OC(=O)c2ccc(C[N+]56CC[N+](CC(N)=O)(CC5)CC6)cc2)OC1=O)[C@@H]3[C@H](O)[C@@H](C)[C@H]4OC(=O)C1=CC=CC1. The number of primary amides is 1. The number of nitrogens with two attached hydrogens (primary N) is 1. The van der Waals surface area contributed by atoms with Gasteiger partial charge in [-0.1, -0.05) is 62.4 Å². The lowest BCUT2D eigenvalue weighted by molar-refractivity contribution is -1.08. The molecule has 13 heteroatoms. The van der Waals surface area contributed by atoms with Gasteiger partial charge < -0.3 is 43.5 Å². The Labute approximate surface area is 340 Å². The molecule has 1 aromatic rings. The predicted octanol–water partition coefficient (Wildman–Crippen LogP) is 3.16. The Bertz CT molecular complexity index is 1910. The molecule has 312 valence electrons. The number of nitrogens with zero attached hydrogens (tertiary/aromatic N) is 2. The van der Waals surface area contributed by atoms with Crippen molar-refractivity contribution < 1.29 is 56.9 Å². The number of aliphatic hydroxyl groups excluding tert-OH is 1. The highest BCUT2D eigenvalue weighted by Crippen LogP contribution is 2.61. The minimum Gasteiger partial charge on any atom is -0.456 e. The van der Waals surface area contributed by atoms with Gasteiger partial charge in [0.2, 0.25) is 0 Å². The maximum absolute atomic E-state index is 13.9. The van der Waals surface area contributed by atoms with E-state index in [1.165, 1.54) is 7.11 Å². The van der Waals surface area contributed by atoms with Gasteiger partial charge in [-0.15, -0.1) is 0 Å². The third kappa shape index (κ3) is 7.06. The van der Waals surface area contributed by atoms with E-state index < -0.39 is 72.0 Å². The molecular formula is C45H59N3O10+2. The van der Waals surface area contributed by atoms with Crippen LogP contribution in [0, 0.1) is 29.6 Å². The molecule has 4 saturated heterocycles. The number of esters is 3. The topological polar surface area (TPSA) is 161 Å². The molecule has 1 aromatic carbocycles. The number of fused-ring (bicyclic) bond motifs is 3. The second kappa shape index (κ2) is 15.5. The lowest BCUT2D eigenvalue weighted by atomic mass is 9.57. The van der Waals surface area contributed by atoms with Crippen molar-refractivity contribution in [3.63, 3.8) is 0 Å². The van der Waals surface area contributed by atoms with E-state index in [4.69, 9.17) is 29.4 Å². The first-order chi connectivity index (χ1) is 27.7. The Balaban J connectivity index is 0.992. The van der Waals surface area contributed by atoms with Crippen LogP contribution in [0.25, 0.3) is 0 Å². The molecule has 0 aromatic heterocycles. The zero-order chi connectivity index (χ0) is 41.1. The molecule has 3 aliphatic carbocycles. The normalized spacial score (nSPS) is 41.4. The van der Waals surface area contributed by atoms with Crippen LogP contribution < -0.4 is 5.73 Å². The fourth-order valence-corrected chi connectivity index (χ4v) is 11.5. The zero-order valence-electron chi connectivity index (χ0n) is 34.3. The number of methoxy groups -OCH3 is 1. The van der Waals surface area contributed by atoms with E-state index in [1.54, 1.807) is 25.1 Å². The number of benzene rings is 1. The van der Waals surface area contributed by atoms with Gasteiger partial charge in [-0.2, -0.15) is 0 Å². The number of carbonyl (C=O) groups excluding carboxylic acids is 4. The van der Waals surface area contributed by atoms with Crippen molar-refractivity contribution in [3.05, 3.63) is 83.0 Å². The van der Waals surface area contributed by atoms with Crippen molar-refractivity contribution in [2.75, 3.05) is 52.9 Å². The van der Waals surface area contributed by atoms with Crippen LogP contribution in [0.1, 0.15) is 56.5 Å². The molecule has 13 nitrogen and oxygen atoms in total. The molecule has 1 amide bonds. The van der Waals surface area contributed by atoms with Crippen LogP contribution in [-0.2, 0) is 44.6 Å². The monoisotopic (exact) mass is 801 g/mol. The Morgan fingerprint density at radius 2 is 1.71 bits per heavy atom. The molecular weight excluding hydrogens is 743 g/mol. The smallest absolute Gasteiger partial charge is 0.338 e. The summed E-state index contributed by atoms with van der Waals surface area (Å²) in [6, 6.07) is 7.54. The second-order valence-corrected chi connectivity index (χ2v) is 18.2. The number of cyclic esters (lactones) is 1. The molecule has 3 N–H and O–H groups in total. The summed E-state index contributed by atoms with van der Waals surface area (Å²) in [5.41, 5.74) is 7.51. The minimum absolute atomic E-state index is 0.219. The third-order valence-electron chi connectivity index (χ3n) is 14.8. The van der Waals surface area contributed by atoms with Gasteiger partial charge >= 0.3 is 17.9 Å². The van der Waals surface area contributed by atoms with Gasteiger partial charge in [-0.3, -0.25) is 4.79 Å². The van der Waals surface area contributed by atoms with Crippen LogP contribution >= 0.6 is 0 Å². The average molecular weight is 802 g/mol. The van der Waals surface area contributed by atoms with Crippen molar-refractivity contribution in [1.82, 2.24) is 0 Å². The van der Waals surface area contributed by atoms with Crippen LogP contribution in [0.4, 0.5) is 0 Å². The summed E-state index contributed by atoms with van der Waals surface area (Å²) in [7, 11) is 1.47. The molecule has 8 aliphatic rings. The molecule has 12 atom stereocenters. The van der Waals surface area contributed by atoms with Gasteiger partial charge in [0.05, 0.1) is 11.7 Å². The fraction of sp³-hybridized carbons (Fsp3) is 0.600. The van der Waals surface area contributed by atoms with E-state index in [1.807, 2.05) is 51.1 Å². The molecule has 9 rings (SSSR count). The van der Waals surface area contributed by atoms with Crippen LogP contribution in [-0.4, -0.2) is 133 Å². The summed E-state index contributed by atoms with van der Waals surface area (Å²) in [5, 5.41) is 12.1. The van der Waals surface area contributed by atoms with Gasteiger partial charge in [-0.05, 0) is 44.4 Å².